The zero-order chi connectivity index (χ0) is 14.8. The van der Waals surface area contributed by atoms with Gasteiger partial charge in [0.15, 0.2) is 0 Å². The van der Waals surface area contributed by atoms with Crippen molar-refractivity contribution in [2.24, 2.45) is 5.41 Å². The summed E-state index contributed by atoms with van der Waals surface area (Å²) >= 11 is 0. The van der Waals surface area contributed by atoms with Crippen molar-refractivity contribution in [3.8, 4) is 0 Å². The number of nitrogens with one attached hydrogen (secondary N) is 1. The lowest BCUT2D eigenvalue weighted by Crippen LogP contribution is -2.45. The van der Waals surface area contributed by atoms with Crippen LogP contribution in [0.3, 0.4) is 0 Å². The number of nitrogens with zero attached hydrogens (tertiary/aromatic N) is 2. The van der Waals surface area contributed by atoms with Gasteiger partial charge < -0.3 is 10.2 Å². The standard InChI is InChI=1S/C14H23N3O3/c1-14(13(20)15-2)5-8-16(10-14)9-12(19)17-6-3-11(18)4-7-17/h3-10H2,1-2H3,(H,15,20). The summed E-state index contributed by atoms with van der Waals surface area (Å²) in [5.41, 5.74) is -0.396. The topological polar surface area (TPSA) is 69.7 Å². The van der Waals surface area contributed by atoms with Gasteiger partial charge in [-0.2, -0.15) is 0 Å². The largest absolute Gasteiger partial charge is 0.359 e. The molecule has 6 nitrogen and oxygen atoms in total. The van der Waals surface area contributed by atoms with Gasteiger partial charge in [-0.15, -0.1) is 0 Å². The van der Waals surface area contributed by atoms with Crippen LogP contribution >= 0.6 is 0 Å². The Morgan fingerprint density at radius 3 is 2.50 bits per heavy atom. The molecular weight excluding hydrogens is 258 g/mol. The van der Waals surface area contributed by atoms with Gasteiger partial charge in [0, 0.05) is 39.5 Å². The summed E-state index contributed by atoms with van der Waals surface area (Å²) in [5.74, 6) is 0.345. The molecule has 2 saturated heterocycles. The quantitative estimate of drug-likeness (QED) is 0.767. The van der Waals surface area contributed by atoms with Gasteiger partial charge in [0.2, 0.25) is 11.8 Å². The molecule has 2 heterocycles. The summed E-state index contributed by atoms with van der Waals surface area (Å²) in [6.07, 6.45) is 1.72. The zero-order valence-corrected chi connectivity index (χ0v) is 12.3. The van der Waals surface area contributed by atoms with Crippen LogP contribution in [-0.2, 0) is 14.4 Å². The molecule has 0 aromatic rings. The van der Waals surface area contributed by atoms with Crippen LogP contribution in [-0.4, -0.2) is 67.2 Å². The maximum atomic E-state index is 12.2. The summed E-state index contributed by atoms with van der Waals surface area (Å²) in [6, 6.07) is 0. The Labute approximate surface area is 119 Å². The minimum absolute atomic E-state index is 0.0380. The van der Waals surface area contributed by atoms with E-state index in [4.69, 9.17) is 0 Å². The molecule has 1 unspecified atom stereocenters. The monoisotopic (exact) mass is 281 g/mol. The average molecular weight is 281 g/mol. The predicted octanol–water partition coefficient (Wildman–Crippen LogP) is -0.364. The van der Waals surface area contributed by atoms with Gasteiger partial charge in [-0.25, -0.2) is 0 Å². The lowest BCUT2D eigenvalue weighted by molar-refractivity contribution is -0.136. The van der Waals surface area contributed by atoms with Crippen molar-refractivity contribution < 1.29 is 14.4 Å². The van der Waals surface area contributed by atoms with Crippen LogP contribution in [0.5, 0.6) is 0 Å². The Balaban J connectivity index is 1.84. The number of ketones is 1. The molecule has 0 aromatic heterocycles. The fourth-order valence-electron chi connectivity index (χ4n) is 2.98. The number of carbonyl (C=O) groups is 3. The van der Waals surface area contributed by atoms with Crippen LogP contribution in [0.15, 0.2) is 0 Å². The first-order chi connectivity index (χ1) is 9.44. The van der Waals surface area contributed by atoms with Gasteiger partial charge in [0.1, 0.15) is 5.78 Å². The molecule has 0 aliphatic carbocycles. The summed E-state index contributed by atoms with van der Waals surface area (Å²) in [5, 5.41) is 2.69. The summed E-state index contributed by atoms with van der Waals surface area (Å²) in [6.45, 7) is 4.75. The second-order valence-electron chi connectivity index (χ2n) is 6.02. The van der Waals surface area contributed by atoms with Gasteiger partial charge in [-0.3, -0.25) is 19.3 Å². The van der Waals surface area contributed by atoms with Crippen LogP contribution in [0.1, 0.15) is 26.2 Å². The number of carbonyl (C=O) groups excluding carboxylic acids is 3. The van der Waals surface area contributed by atoms with Crippen LogP contribution in [0.4, 0.5) is 0 Å². The number of Topliss-reactive ketones (excluding diaryl/α,β-unsaturated/α-hetero) is 1. The predicted molar refractivity (Wildman–Crippen MR) is 74.1 cm³/mol. The van der Waals surface area contributed by atoms with Crippen molar-refractivity contribution in [2.45, 2.75) is 26.2 Å². The maximum absolute atomic E-state index is 12.2. The van der Waals surface area contributed by atoms with E-state index in [1.807, 2.05) is 11.8 Å². The summed E-state index contributed by atoms with van der Waals surface area (Å²) in [7, 11) is 1.64. The minimum atomic E-state index is -0.396. The van der Waals surface area contributed by atoms with Crippen molar-refractivity contribution in [3.63, 3.8) is 0 Å². The van der Waals surface area contributed by atoms with E-state index in [9.17, 15) is 14.4 Å². The third kappa shape index (κ3) is 3.17. The highest BCUT2D eigenvalue weighted by molar-refractivity contribution is 5.85. The van der Waals surface area contributed by atoms with E-state index in [0.29, 0.717) is 39.0 Å². The second-order valence-corrected chi connectivity index (χ2v) is 6.02. The highest BCUT2D eigenvalue weighted by Gasteiger charge is 2.40. The minimum Gasteiger partial charge on any atom is -0.359 e. The van der Waals surface area contributed by atoms with Crippen LogP contribution in [0.2, 0.25) is 0 Å². The summed E-state index contributed by atoms with van der Waals surface area (Å²) in [4.78, 5) is 39.0. The Hall–Kier alpha value is -1.43. The second kappa shape index (κ2) is 5.91. The average Bonchev–Trinajstić information content (AvgIpc) is 2.81. The van der Waals surface area contributed by atoms with Crippen molar-refractivity contribution >= 4 is 17.6 Å². The highest BCUT2D eigenvalue weighted by atomic mass is 16.2. The molecule has 0 aromatic carbocycles. The van der Waals surface area contributed by atoms with Gasteiger partial charge in [-0.1, -0.05) is 0 Å². The van der Waals surface area contributed by atoms with Crippen LogP contribution in [0.25, 0.3) is 0 Å². The first-order valence-corrected chi connectivity index (χ1v) is 7.18. The fraction of sp³-hybridized carbons (Fsp3) is 0.786. The first kappa shape index (κ1) is 15.0. The Morgan fingerprint density at radius 1 is 1.25 bits per heavy atom. The Bertz CT molecular complexity index is 414. The molecule has 2 amide bonds. The molecular formula is C14H23N3O3. The van der Waals surface area contributed by atoms with Gasteiger partial charge in [0.25, 0.3) is 0 Å². The Kier molecular flexibility index (Phi) is 4.42. The molecule has 2 fully saturated rings. The van der Waals surface area contributed by atoms with Gasteiger partial charge in [0.05, 0.1) is 12.0 Å². The van der Waals surface area contributed by atoms with E-state index < -0.39 is 5.41 Å². The molecule has 0 saturated carbocycles. The normalized spacial score (nSPS) is 27.7. The van der Waals surface area contributed by atoms with Crippen molar-refractivity contribution in [1.82, 2.24) is 15.1 Å². The molecule has 2 rings (SSSR count). The van der Waals surface area contributed by atoms with Crippen LogP contribution in [0, 0.1) is 5.41 Å². The number of likely N-dealkylation sites (tertiary alicyclic amines) is 2. The number of piperidine rings is 1. The van der Waals surface area contributed by atoms with Crippen molar-refractivity contribution in [2.75, 3.05) is 39.8 Å². The number of amides is 2. The molecule has 0 radical (unpaired) electrons. The molecule has 6 heteroatoms. The SMILES string of the molecule is CNC(=O)C1(C)CCN(CC(=O)N2CCC(=O)CC2)C1. The molecule has 2 aliphatic heterocycles. The smallest absolute Gasteiger partial charge is 0.236 e. The number of hydrogen-bond acceptors (Lipinski definition) is 4. The van der Waals surface area contributed by atoms with Gasteiger partial charge in [-0.05, 0) is 19.9 Å². The Morgan fingerprint density at radius 2 is 1.90 bits per heavy atom. The van der Waals surface area contributed by atoms with E-state index in [-0.39, 0.29) is 17.6 Å². The summed E-state index contributed by atoms with van der Waals surface area (Å²) < 4.78 is 0. The fourth-order valence-corrected chi connectivity index (χ4v) is 2.98. The lowest BCUT2D eigenvalue weighted by Gasteiger charge is -2.28. The third-order valence-electron chi connectivity index (χ3n) is 4.36. The van der Waals surface area contributed by atoms with E-state index in [1.54, 1.807) is 11.9 Å². The van der Waals surface area contributed by atoms with Crippen molar-refractivity contribution in [3.05, 3.63) is 0 Å². The lowest BCUT2D eigenvalue weighted by atomic mass is 9.89. The van der Waals surface area contributed by atoms with Gasteiger partial charge >= 0.3 is 0 Å². The van der Waals surface area contributed by atoms with E-state index >= 15 is 0 Å². The van der Waals surface area contributed by atoms with E-state index in [2.05, 4.69) is 5.32 Å². The number of rotatable bonds is 3. The van der Waals surface area contributed by atoms with E-state index in [0.717, 1.165) is 13.0 Å². The molecule has 0 spiro atoms. The first-order valence-electron chi connectivity index (χ1n) is 7.18. The van der Waals surface area contributed by atoms with Crippen LogP contribution < -0.4 is 5.32 Å². The maximum Gasteiger partial charge on any atom is 0.236 e. The molecule has 1 N–H and O–H groups in total. The number of hydrogen-bond donors (Lipinski definition) is 1. The molecule has 0 bridgehead atoms. The molecule has 112 valence electrons. The zero-order valence-electron chi connectivity index (χ0n) is 12.3. The molecule has 20 heavy (non-hydrogen) atoms. The van der Waals surface area contributed by atoms with E-state index in [1.165, 1.54) is 0 Å². The molecule has 1 atom stereocenters. The molecule has 2 aliphatic rings. The highest BCUT2D eigenvalue weighted by Crippen LogP contribution is 2.29. The van der Waals surface area contributed by atoms with Crippen molar-refractivity contribution in [1.29, 1.82) is 0 Å². The third-order valence-corrected chi connectivity index (χ3v) is 4.36.